The number of carboxylic acid groups (broad SMARTS) is 1. The SMILES string of the molecule is CCCCCCCOc1ccc(C(=O)Oc2ccc(C[C@H](NC(=O)c3ccc(OC)cc3)C(=O)O)cc2)cc1. The molecule has 0 aromatic heterocycles. The minimum atomic E-state index is -1.16. The van der Waals surface area contributed by atoms with E-state index in [1.54, 1.807) is 72.8 Å². The van der Waals surface area contributed by atoms with Crippen LogP contribution in [0.1, 0.15) is 65.3 Å². The molecule has 1 amide bonds. The van der Waals surface area contributed by atoms with E-state index >= 15 is 0 Å². The molecule has 3 aromatic carbocycles. The van der Waals surface area contributed by atoms with Gasteiger partial charge in [0, 0.05) is 12.0 Å². The van der Waals surface area contributed by atoms with E-state index in [1.807, 2.05) is 0 Å². The zero-order chi connectivity index (χ0) is 28.0. The molecule has 0 saturated carbocycles. The highest BCUT2D eigenvalue weighted by Gasteiger charge is 2.21. The fourth-order valence-electron chi connectivity index (χ4n) is 3.86. The summed E-state index contributed by atoms with van der Waals surface area (Å²) in [5, 5.41) is 12.2. The topological polar surface area (TPSA) is 111 Å². The van der Waals surface area contributed by atoms with Crippen molar-refractivity contribution in [3.63, 3.8) is 0 Å². The van der Waals surface area contributed by atoms with E-state index in [4.69, 9.17) is 14.2 Å². The number of methoxy groups -OCH3 is 1. The van der Waals surface area contributed by atoms with Gasteiger partial charge in [-0.3, -0.25) is 4.79 Å². The van der Waals surface area contributed by atoms with Gasteiger partial charge >= 0.3 is 11.9 Å². The molecule has 0 unspecified atom stereocenters. The molecule has 0 aliphatic carbocycles. The summed E-state index contributed by atoms with van der Waals surface area (Å²) in [5.41, 5.74) is 1.38. The lowest BCUT2D eigenvalue weighted by Crippen LogP contribution is -2.42. The first-order chi connectivity index (χ1) is 18.9. The van der Waals surface area contributed by atoms with Crippen LogP contribution >= 0.6 is 0 Å². The minimum absolute atomic E-state index is 0.0610. The second-order valence-corrected chi connectivity index (χ2v) is 9.12. The molecule has 0 fully saturated rings. The Bertz CT molecular complexity index is 1210. The number of benzene rings is 3. The summed E-state index contributed by atoms with van der Waals surface area (Å²) in [7, 11) is 1.52. The normalized spacial score (nSPS) is 11.3. The third-order valence-electron chi connectivity index (χ3n) is 6.14. The highest BCUT2D eigenvalue weighted by atomic mass is 16.5. The number of carboxylic acids is 1. The third-order valence-corrected chi connectivity index (χ3v) is 6.14. The number of unbranched alkanes of at least 4 members (excludes halogenated alkanes) is 4. The number of esters is 1. The Morgan fingerprint density at radius 3 is 1.97 bits per heavy atom. The summed E-state index contributed by atoms with van der Waals surface area (Å²) in [4.78, 5) is 36.8. The number of hydrogen-bond donors (Lipinski definition) is 2. The zero-order valence-corrected chi connectivity index (χ0v) is 22.4. The summed E-state index contributed by atoms with van der Waals surface area (Å²) < 4.78 is 16.3. The van der Waals surface area contributed by atoms with Gasteiger partial charge in [-0.1, -0.05) is 44.7 Å². The summed E-state index contributed by atoms with van der Waals surface area (Å²) in [5.74, 6) is -0.542. The predicted octanol–water partition coefficient (Wildman–Crippen LogP) is 5.69. The lowest BCUT2D eigenvalue weighted by atomic mass is 10.1. The number of ether oxygens (including phenoxy) is 3. The number of rotatable bonds is 15. The van der Waals surface area contributed by atoms with E-state index in [0.717, 1.165) is 12.8 Å². The van der Waals surface area contributed by atoms with Crippen LogP contribution in [0, 0.1) is 0 Å². The predicted molar refractivity (Wildman–Crippen MR) is 148 cm³/mol. The number of aliphatic carboxylic acids is 1. The van der Waals surface area contributed by atoms with E-state index in [2.05, 4.69) is 12.2 Å². The molecule has 8 nitrogen and oxygen atoms in total. The van der Waals surface area contributed by atoms with Crippen molar-refractivity contribution in [1.82, 2.24) is 5.32 Å². The molecule has 2 N–H and O–H groups in total. The summed E-state index contributed by atoms with van der Waals surface area (Å²) in [6.45, 7) is 2.83. The van der Waals surface area contributed by atoms with Crippen molar-refractivity contribution in [2.24, 2.45) is 0 Å². The Morgan fingerprint density at radius 2 is 1.36 bits per heavy atom. The van der Waals surface area contributed by atoms with Gasteiger partial charge in [-0.05, 0) is 72.6 Å². The molecule has 0 heterocycles. The Morgan fingerprint density at radius 1 is 0.769 bits per heavy atom. The summed E-state index contributed by atoms with van der Waals surface area (Å²) in [6.07, 6.45) is 5.87. The van der Waals surface area contributed by atoms with Crippen molar-refractivity contribution in [2.75, 3.05) is 13.7 Å². The quantitative estimate of drug-likeness (QED) is 0.147. The maximum Gasteiger partial charge on any atom is 0.343 e. The van der Waals surface area contributed by atoms with Crippen LogP contribution in [0.3, 0.4) is 0 Å². The van der Waals surface area contributed by atoms with Crippen molar-refractivity contribution in [1.29, 1.82) is 0 Å². The molecule has 0 aliphatic heterocycles. The Labute approximate surface area is 228 Å². The summed E-state index contributed by atoms with van der Waals surface area (Å²) >= 11 is 0. The van der Waals surface area contributed by atoms with Crippen molar-refractivity contribution in [2.45, 2.75) is 51.5 Å². The third kappa shape index (κ3) is 9.48. The standard InChI is InChI=1S/C31H35NO7/c1-3-4-5-6-7-20-38-26-18-12-24(13-19-26)31(36)39-27-14-8-22(9-15-27)21-28(30(34)35)32-29(33)23-10-16-25(37-2)17-11-23/h8-19,28H,3-7,20-21H2,1-2H3,(H,32,33)(H,34,35)/t28-/m0/s1. The van der Waals surface area contributed by atoms with Gasteiger partial charge in [0.25, 0.3) is 5.91 Å². The van der Waals surface area contributed by atoms with E-state index < -0.39 is 23.9 Å². The summed E-state index contributed by atoms with van der Waals surface area (Å²) in [6, 6.07) is 18.6. The first-order valence-corrected chi connectivity index (χ1v) is 13.1. The van der Waals surface area contributed by atoms with Crippen molar-refractivity contribution >= 4 is 17.8 Å². The van der Waals surface area contributed by atoms with E-state index in [1.165, 1.54) is 26.4 Å². The second kappa shape index (κ2) is 15.2. The van der Waals surface area contributed by atoms with Gasteiger partial charge in [-0.2, -0.15) is 0 Å². The van der Waals surface area contributed by atoms with Gasteiger partial charge < -0.3 is 24.6 Å². The molecule has 0 saturated heterocycles. The average Bonchev–Trinajstić information content (AvgIpc) is 2.95. The molecule has 0 bridgehead atoms. The fourth-order valence-corrected chi connectivity index (χ4v) is 3.86. The van der Waals surface area contributed by atoms with Crippen LogP contribution in [0.2, 0.25) is 0 Å². The Balaban J connectivity index is 1.50. The van der Waals surface area contributed by atoms with Crippen LogP contribution < -0.4 is 19.5 Å². The first-order valence-electron chi connectivity index (χ1n) is 13.1. The van der Waals surface area contributed by atoms with Crippen LogP contribution in [-0.4, -0.2) is 42.7 Å². The number of amides is 1. The van der Waals surface area contributed by atoms with Gasteiger partial charge in [-0.25, -0.2) is 9.59 Å². The molecule has 0 radical (unpaired) electrons. The van der Waals surface area contributed by atoms with Gasteiger partial charge in [0.05, 0.1) is 19.3 Å². The Hall–Kier alpha value is -4.33. The monoisotopic (exact) mass is 533 g/mol. The molecular weight excluding hydrogens is 498 g/mol. The number of carbonyl (C=O) groups excluding carboxylic acids is 2. The van der Waals surface area contributed by atoms with Crippen LogP contribution in [-0.2, 0) is 11.2 Å². The maximum atomic E-state index is 12.5. The molecule has 206 valence electrons. The smallest absolute Gasteiger partial charge is 0.343 e. The highest BCUT2D eigenvalue weighted by molar-refractivity contribution is 5.96. The molecule has 0 spiro atoms. The van der Waals surface area contributed by atoms with Gasteiger partial charge in [0.15, 0.2) is 0 Å². The number of nitrogens with one attached hydrogen (secondary N) is 1. The lowest BCUT2D eigenvalue weighted by Gasteiger charge is -2.15. The van der Waals surface area contributed by atoms with Crippen LogP contribution in [0.5, 0.6) is 17.2 Å². The van der Waals surface area contributed by atoms with E-state index in [0.29, 0.717) is 40.5 Å². The lowest BCUT2D eigenvalue weighted by molar-refractivity contribution is -0.139. The average molecular weight is 534 g/mol. The maximum absolute atomic E-state index is 12.5. The van der Waals surface area contributed by atoms with Crippen molar-refractivity contribution < 1.29 is 33.7 Å². The van der Waals surface area contributed by atoms with E-state index in [9.17, 15) is 19.5 Å². The first kappa shape index (κ1) is 29.2. The van der Waals surface area contributed by atoms with Crippen molar-refractivity contribution in [3.05, 3.63) is 89.5 Å². The van der Waals surface area contributed by atoms with E-state index in [-0.39, 0.29) is 6.42 Å². The number of hydrogen-bond acceptors (Lipinski definition) is 6. The van der Waals surface area contributed by atoms with Crippen LogP contribution in [0.25, 0.3) is 0 Å². The second-order valence-electron chi connectivity index (χ2n) is 9.12. The number of carbonyl (C=O) groups is 3. The van der Waals surface area contributed by atoms with Gasteiger partial charge in [-0.15, -0.1) is 0 Å². The van der Waals surface area contributed by atoms with Gasteiger partial charge in [0.2, 0.25) is 0 Å². The molecule has 8 heteroatoms. The Kier molecular flexibility index (Phi) is 11.4. The van der Waals surface area contributed by atoms with Crippen LogP contribution in [0.15, 0.2) is 72.8 Å². The van der Waals surface area contributed by atoms with Gasteiger partial charge in [0.1, 0.15) is 23.3 Å². The zero-order valence-electron chi connectivity index (χ0n) is 22.4. The molecule has 39 heavy (non-hydrogen) atoms. The minimum Gasteiger partial charge on any atom is -0.497 e. The molecule has 3 aromatic rings. The fraction of sp³-hybridized carbons (Fsp3) is 0.323. The highest BCUT2D eigenvalue weighted by Crippen LogP contribution is 2.18. The molecular formula is C31H35NO7. The molecule has 1 atom stereocenters. The molecule has 3 rings (SSSR count). The van der Waals surface area contributed by atoms with Crippen LogP contribution in [0.4, 0.5) is 0 Å². The van der Waals surface area contributed by atoms with Crippen molar-refractivity contribution in [3.8, 4) is 17.2 Å². The molecule has 0 aliphatic rings. The largest absolute Gasteiger partial charge is 0.497 e.